The molecule has 0 saturated heterocycles. The lowest BCUT2D eigenvalue weighted by Gasteiger charge is -2.16. The Kier molecular flexibility index (Phi) is 6.32. The summed E-state index contributed by atoms with van der Waals surface area (Å²) in [5.41, 5.74) is 1.66. The maximum Gasteiger partial charge on any atom is 0.282 e. The van der Waals surface area contributed by atoms with Crippen molar-refractivity contribution in [2.75, 3.05) is 7.11 Å². The number of benzene rings is 4. The van der Waals surface area contributed by atoms with Gasteiger partial charge in [-0.05, 0) is 60.5 Å². The standard InChI is InChI=1S/C32H27N3O4/c1-4-20(2)38-29-17-16-21-10-5-6-11-22(21)25(29)19-33-35-31(34-26-13-8-7-12-23(26)32(35)36)30-18-24-27(37-3)14-9-15-28(24)39-30/h5-20H,4H2,1-3H3/t20-/m0/s1. The largest absolute Gasteiger partial charge is 0.496 e. The summed E-state index contributed by atoms with van der Waals surface area (Å²) in [6.07, 6.45) is 2.55. The minimum Gasteiger partial charge on any atom is -0.496 e. The first-order chi connectivity index (χ1) is 19.1. The zero-order chi connectivity index (χ0) is 26.9. The summed E-state index contributed by atoms with van der Waals surface area (Å²) in [4.78, 5) is 18.6. The van der Waals surface area contributed by atoms with Crippen LogP contribution in [0.5, 0.6) is 11.5 Å². The van der Waals surface area contributed by atoms with Crippen molar-refractivity contribution in [3.05, 3.63) is 101 Å². The Bertz CT molecular complexity index is 1920. The number of ether oxygens (including phenoxy) is 2. The fourth-order valence-electron chi connectivity index (χ4n) is 4.64. The van der Waals surface area contributed by atoms with Crippen LogP contribution >= 0.6 is 0 Å². The third-order valence-electron chi connectivity index (χ3n) is 6.85. The minimum absolute atomic E-state index is 0.0180. The molecule has 194 valence electrons. The predicted molar refractivity (Wildman–Crippen MR) is 155 cm³/mol. The maximum atomic E-state index is 13.8. The highest BCUT2D eigenvalue weighted by Crippen LogP contribution is 2.33. The van der Waals surface area contributed by atoms with Crippen molar-refractivity contribution in [1.29, 1.82) is 0 Å². The second-order valence-corrected chi connectivity index (χ2v) is 9.33. The van der Waals surface area contributed by atoms with E-state index in [1.807, 2.05) is 79.7 Å². The van der Waals surface area contributed by atoms with Gasteiger partial charge in [0.15, 0.2) is 5.76 Å². The number of nitrogens with zero attached hydrogens (tertiary/aromatic N) is 3. The number of furan rings is 1. The normalized spacial score (nSPS) is 12.5. The van der Waals surface area contributed by atoms with Crippen molar-refractivity contribution in [2.24, 2.45) is 5.10 Å². The molecule has 6 aromatic rings. The maximum absolute atomic E-state index is 13.8. The van der Waals surface area contributed by atoms with E-state index in [2.05, 4.69) is 6.92 Å². The molecule has 0 radical (unpaired) electrons. The van der Waals surface area contributed by atoms with Crippen LogP contribution in [0.15, 0.2) is 99.2 Å². The van der Waals surface area contributed by atoms with Crippen LogP contribution in [-0.4, -0.2) is 29.1 Å². The summed E-state index contributed by atoms with van der Waals surface area (Å²) in [6.45, 7) is 4.11. The lowest BCUT2D eigenvalue weighted by molar-refractivity contribution is 0.217. The third-order valence-corrected chi connectivity index (χ3v) is 6.85. The molecule has 0 amide bonds. The minimum atomic E-state index is -0.302. The van der Waals surface area contributed by atoms with Gasteiger partial charge < -0.3 is 13.9 Å². The second kappa shape index (κ2) is 10.1. The van der Waals surface area contributed by atoms with Gasteiger partial charge in [0.1, 0.15) is 17.1 Å². The van der Waals surface area contributed by atoms with Gasteiger partial charge in [0, 0.05) is 5.56 Å². The molecule has 0 spiro atoms. The van der Waals surface area contributed by atoms with Gasteiger partial charge in [-0.3, -0.25) is 4.79 Å². The molecule has 4 aromatic carbocycles. The Balaban J connectivity index is 1.58. The Labute approximate surface area is 224 Å². The number of methoxy groups -OCH3 is 1. The molecule has 0 N–H and O–H groups in total. The summed E-state index contributed by atoms with van der Waals surface area (Å²) in [5, 5.41) is 7.96. The van der Waals surface area contributed by atoms with E-state index in [1.54, 1.807) is 25.5 Å². The quantitative estimate of drug-likeness (QED) is 0.212. The summed E-state index contributed by atoms with van der Waals surface area (Å²) >= 11 is 0. The number of rotatable bonds is 7. The summed E-state index contributed by atoms with van der Waals surface area (Å²) in [7, 11) is 1.61. The Morgan fingerprint density at radius 1 is 0.949 bits per heavy atom. The van der Waals surface area contributed by atoms with E-state index in [0.29, 0.717) is 33.7 Å². The average Bonchev–Trinajstić information content (AvgIpc) is 3.41. The Morgan fingerprint density at radius 3 is 2.56 bits per heavy atom. The van der Waals surface area contributed by atoms with E-state index < -0.39 is 0 Å². The first-order valence-electron chi connectivity index (χ1n) is 12.9. The molecule has 7 nitrogen and oxygen atoms in total. The van der Waals surface area contributed by atoms with Crippen LogP contribution in [0, 0.1) is 0 Å². The average molecular weight is 518 g/mol. The van der Waals surface area contributed by atoms with E-state index >= 15 is 0 Å². The fraction of sp³-hybridized carbons (Fsp3) is 0.156. The molecule has 2 heterocycles. The molecule has 6 rings (SSSR count). The topological polar surface area (TPSA) is 78.8 Å². The van der Waals surface area contributed by atoms with Gasteiger partial charge in [-0.1, -0.05) is 55.5 Å². The van der Waals surface area contributed by atoms with Crippen LogP contribution < -0.4 is 15.0 Å². The predicted octanol–water partition coefficient (Wildman–Crippen LogP) is 7.03. The van der Waals surface area contributed by atoms with Gasteiger partial charge in [0.2, 0.25) is 5.82 Å². The molecule has 0 saturated carbocycles. The molecular formula is C32H27N3O4. The zero-order valence-electron chi connectivity index (χ0n) is 21.9. The van der Waals surface area contributed by atoms with Crippen LogP contribution in [0.1, 0.15) is 25.8 Å². The smallest absolute Gasteiger partial charge is 0.282 e. The van der Waals surface area contributed by atoms with Crippen LogP contribution in [-0.2, 0) is 0 Å². The van der Waals surface area contributed by atoms with Gasteiger partial charge in [-0.15, -0.1) is 0 Å². The van der Waals surface area contributed by atoms with Crippen molar-refractivity contribution in [3.63, 3.8) is 0 Å². The monoisotopic (exact) mass is 517 g/mol. The SMILES string of the molecule is CC[C@H](C)Oc1ccc2ccccc2c1C=Nn1c(-c2cc3c(OC)cccc3o2)nc2ccccc2c1=O. The Morgan fingerprint density at radius 2 is 1.74 bits per heavy atom. The molecule has 1 atom stereocenters. The second-order valence-electron chi connectivity index (χ2n) is 9.33. The van der Waals surface area contributed by atoms with Gasteiger partial charge in [-0.2, -0.15) is 9.78 Å². The first kappa shape index (κ1) is 24.4. The number of hydrogen-bond acceptors (Lipinski definition) is 6. The van der Waals surface area contributed by atoms with E-state index in [9.17, 15) is 4.79 Å². The molecule has 0 unspecified atom stereocenters. The first-order valence-corrected chi connectivity index (χ1v) is 12.9. The molecule has 39 heavy (non-hydrogen) atoms. The fourth-order valence-corrected chi connectivity index (χ4v) is 4.64. The number of para-hydroxylation sites is 1. The van der Waals surface area contributed by atoms with E-state index in [0.717, 1.165) is 28.1 Å². The highest BCUT2D eigenvalue weighted by molar-refractivity contribution is 6.02. The molecule has 0 aliphatic carbocycles. The molecule has 2 aromatic heterocycles. The van der Waals surface area contributed by atoms with E-state index in [1.165, 1.54) is 4.68 Å². The van der Waals surface area contributed by atoms with Gasteiger partial charge in [-0.25, -0.2) is 4.98 Å². The van der Waals surface area contributed by atoms with Gasteiger partial charge >= 0.3 is 0 Å². The van der Waals surface area contributed by atoms with Crippen LogP contribution in [0.3, 0.4) is 0 Å². The van der Waals surface area contributed by atoms with E-state index in [4.69, 9.17) is 24.0 Å². The summed E-state index contributed by atoms with van der Waals surface area (Å²) in [5.74, 6) is 2.06. The molecule has 0 aliphatic rings. The highest BCUT2D eigenvalue weighted by atomic mass is 16.5. The lowest BCUT2D eigenvalue weighted by atomic mass is 10.0. The van der Waals surface area contributed by atoms with Gasteiger partial charge in [0.25, 0.3) is 5.56 Å². The lowest BCUT2D eigenvalue weighted by Crippen LogP contribution is -2.20. The Hall–Kier alpha value is -4.91. The van der Waals surface area contributed by atoms with Crippen LogP contribution in [0.4, 0.5) is 0 Å². The van der Waals surface area contributed by atoms with Crippen molar-refractivity contribution < 1.29 is 13.9 Å². The van der Waals surface area contributed by atoms with Crippen molar-refractivity contribution >= 4 is 38.9 Å². The van der Waals surface area contributed by atoms with E-state index in [-0.39, 0.29) is 17.5 Å². The third kappa shape index (κ3) is 4.42. The molecule has 0 fully saturated rings. The molecular weight excluding hydrogens is 490 g/mol. The summed E-state index contributed by atoms with van der Waals surface area (Å²) < 4.78 is 19.2. The van der Waals surface area contributed by atoms with Crippen LogP contribution in [0.25, 0.3) is 44.2 Å². The molecule has 7 heteroatoms. The number of fused-ring (bicyclic) bond motifs is 3. The zero-order valence-corrected chi connectivity index (χ0v) is 21.9. The van der Waals surface area contributed by atoms with Crippen LogP contribution in [0.2, 0.25) is 0 Å². The molecule has 0 aliphatic heterocycles. The highest BCUT2D eigenvalue weighted by Gasteiger charge is 2.18. The number of aromatic nitrogens is 2. The van der Waals surface area contributed by atoms with Gasteiger partial charge in [0.05, 0.1) is 35.7 Å². The molecule has 0 bridgehead atoms. The van der Waals surface area contributed by atoms with Crippen molar-refractivity contribution in [2.45, 2.75) is 26.4 Å². The summed E-state index contributed by atoms with van der Waals surface area (Å²) in [6, 6.07) is 26.6. The number of hydrogen-bond donors (Lipinski definition) is 0. The van der Waals surface area contributed by atoms with Crippen molar-refractivity contribution in [1.82, 2.24) is 9.66 Å². The van der Waals surface area contributed by atoms with Crippen molar-refractivity contribution in [3.8, 4) is 23.1 Å².